The van der Waals surface area contributed by atoms with Gasteiger partial charge in [-0.3, -0.25) is 9.59 Å². The molecule has 0 saturated carbocycles. The fourth-order valence-corrected chi connectivity index (χ4v) is 3.73. The summed E-state index contributed by atoms with van der Waals surface area (Å²) in [6.07, 6.45) is 5.31. The number of benzene rings is 1. The van der Waals surface area contributed by atoms with Crippen LogP contribution in [-0.4, -0.2) is 34.8 Å². The predicted molar refractivity (Wildman–Crippen MR) is 111 cm³/mol. The van der Waals surface area contributed by atoms with Gasteiger partial charge in [0.2, 0.25) is 5.91 Å². The van der Waals surface area contributed by atoms with E-state index in [0.29, 0.717) is 6.54 Å². The zero-order chi connectivity index (χ0) is 19.9. The van der Waals surface area contributed by atoms with Gasteiger partial charge in [-0.05, 0) is 31.2 Å². The van der Waals surface area contributed by atoms with Gasteiger partial charge in [0.15, 0.2) is 0 Å². The fourth-order valence-electron chi connectivity index (χ4n) is 3.73. The SMILES string of the molecule is CCC(CC)C(=O)NC1CCN(c2cnn(Cc3ccccc3)c(=O)c2)CC1. The summed E-state index contributed by atoms with van der Waals surface area (Å²) in [6, 6.07) is 11.7. The van der Waals surface area contributed by atoms with E-state index in [1.807, 2.05) is 30.3 Å². The van der Waals surface area contributed by atoms with Gasteiger partial charge in [-0.15, -0.1) is 0 Å². The van der Waals surface area contributed by atoms with Crippen LogP contribution in [0.2, 0.25) is 0 Å². The van der Waals surface area contributed by atoms with E-state index in [9.17, 15) is 9.59 Å². The first-order chi connectivity index (χ1) is 13.6. The molecule has 28 heavy (non-hydrogen) atoms. The summed E-state index contributed by atoms with van der Waals surface area (Å²) in [5.41, 5.74) is 1.82. The van der Waals surface area contributed by atoms with E-state index in [4.69, 9.17) is 0 Å². The molecule has 1 aliphatic heterocycles. The van der Waals surface area contributed by atoms with Gasteiger partial charge in [-0.1, -0.05) is 44.2 Å². The van der Waals surface area contributed by atoms with Gasteiger partial charge in [0.25, 0.3) is 5.56 Å². The normalized spacial score (nSPS) is 15.0. The highest BCUT2D eigenvalue weighted by Crippen LogP contribution is 2.19. The van der Waals surface area contributed by atoms with Crippen LogP contribution in [0.4, 0.5) is 5.69 Å². The molecule has 0 aliphatic carbocycles. The molecule has 2 aromatic rings. The maximum atomic E-state index is 12.5. The minimum Gasteiger partial charge on any atom is -0.370 e. The van der Waals surface area contributed by atoms with Crippen LogP contribution >= 0.6 is 0 Å². The molecule has 1 N–H and O–H groups in total. The molecule has 1 fully saturated rings. The van der Waals surface area contributed by atoms with E-state index < -0.39 is 0 Å². The number of anilines is 1. The van der Waals surface area contributed by atoms with Crippen molar-refractivity contribution in [3.8, 4) is 0 Å². The molecule has 0 radical (unpaired) electrons. The molecule has 1 aromatic carbocycles. The Hall–Kier alpha value is -2.63. The first-order valence-electron chi connectivity index (χ1n) is 10.3. The van der Waals surface area contributed by atoms with Crippen LogP contribution in [0.25, 0.3) is 0 Å². The molecule has 1 saturated heterocycles. The summed E-state index contributed by atoms with van der Waals surface area (Å²) in [7, 11) is 0. The minimum atomic E-state index is -0.0921. The monoisotopic (exact) mass is 382 g/mol. The summed E-state index contributed by atoms with van der Waals surface area (Å²) in [6.45, 7) is 6.23. The van der Waals surface area contributed by atoms with Crippen molar-refractivity contribution in [3.63, 3.8) is 0 Å². The average Bonchev–Trinajstić information content (AvgIpc) is 2.72. The highest BCUT2D eigenvalue weighted by molar-refractivity contribution is 5.78. The number of carbonyl (C=O) groups is 1. The number of rotatable bonds is 7. The van der Waals surface area contributed by atoms with E-state index in [2.05, 4.69) is 29.2 Å². The second-order valence-electron chi connectivity index (χ2n) is 7.48. The summed E-state index contributed by atoms with van der Waals surface area (Å²) in [4.78, 5) is 26.9. The topological polar surface area (TPSA) is 67.2 Å². The summed E-state index contributed by atoms with van der Waals surface area (Å²) in [5.74, 6) is 0.285. The first-order valence-corrected chi connectivity index (χ1v) is 10.3. The van der Waals surface area contributed by atoms with Crippen LogP contribution in [0, 0.1) is 5.92 Å². The Bertz CT molecular complexity index is 822. The van der Waals surface area contributed by atoms with E-state index in [0.717, 1.165) is 50.0 Å². The molecule has 0 spiro atoms. The van der Waals surface area contributed by atoms with Crippen LogP contribution in [-0.2, 0) is 11.3 Å². The van der Waals surface area contributed by atoms with E-state index in [1.54, 1.807) is 12.3 Å². The van der Waals surface area contributed by atoms with Gasteiger partial charge in [-0.25, -0.2) is 4.68 Å². The number of nitrogens with zero attached hydrogens (tertiary/aromatic N) is 3. The number of aromatic nitrogens is 2. The number of hydrogen-bond acceptors (Lipinski definition) is 4. The Labute approximate surface area is 166 Å². The zero-order valence-corrected chi connectivity index (χ0v) is 16.8. The standard InChI is InChI=1S/C22H30N4O2/c1-3-18(4-2)22(28)24-19-10-12-25(13-11-19)20-14-21(27)26(23-15-20)16-17-8-6-5-7-9-17/h5-9,14-15,18-19H,3-4,10-13,16H2,1-2H3,(H,24,28). The lowest BCUT2D eigenvalue weighted by Crippen LogP contribution is -2.46. The van der Waals surface area contributed by atoms with Gasteiger partial charge in [-0.2, -0.15) is 5.10 Å². The number of hydrogen-bond donors (Lipinski definition) is 1. The van der Waals surface area contributed by atoms with Crippen LogP contribution in [0.15, 0.2) is 47.4 Å². The Morgan fingerprint density at radius 1 is 1.18 bits per heavy atom. The molecular weight excluding hydrogens is 352 g/mol. The first kappa shape index (κ1) is 20.1. The zero-order valence-electron chi connectivity index (χ0n) is 16.8. The average molecular weight is 383 g/mol. The van der Waals surface area contributed by atoms with Crippen LogP contribution in [0.5, 0.6) is 0 Å². The van der Waals surface area contributed by atoms with Crippen molar-refractivity contribution in [1.29, 1.82) is 0 Å². The molecular formula is C22H30N4O2. The van der Waals surface area contributed by atoms with Crippen molar-refractivity contribution in [2.45, 2.75) is 52.1 Å². The van der Waals surface area contributed by atoms with Crippen LogP contribution < -0.4 is 15.8 Å². The van der Waals surface area contributed by atoms with E-state index >= 15 is 0 Å². The third-order valence-electron chi connectivity index (χ3n) is 5.59. The number of nitrogens with one attached hydrogen (secondary N) is 1. The number of carbonyl (C=O) groups excluding carboxylic acids is 1. The molecule has 1 aromatic heterocycles. The third-order valence-corrected chi connectivity index (χ3v) is 5.59. The molecule has 150 valence electrons. The third kappa shape index (κ3) is 5.00. The predicted octanol–water partition coefficient (Wildman–Crippen LogP) is 2.81. The minimum absolute atomic E-state index is 0.0921. The molecule has 0 atom stereocenters. The van der Waals surface area contributed by atoms with E-state index in [-0.39, 0.29) is 23.4 Å². The molecule has 1 amide bonds. The largest absolute Gasteiger partial charge is 0.370 e. The van der Waals surface area contributed by atoms with Gasteiger partial charge < -0.3 is 10.2 Å². The molecule has 6 nitrogen and oxygen atoms in total. The van der Waals surface area contributed by atoms with Gasteiger partial charge in [0.1, 0.15) is 0 Å². The lowest BCUT2D eigenvalue weighted by Gasteiger charge is -2.34. The Morgan fingerprint density at radius 2 is 1.86 bits per heavy atom. The lowest BCUT2D eigenvalue weighted by molar-refractivity contribution is -0.126. The highest BCUT2D eigenvalue weighted by atomic mass is 16.2. The molecule has 0 unspecified atom stereocenters. The van der Waals surface area contributed by atoms with Crippen molar-refractivity contribution in [2.75, 3.05) is 18.0 Å². The maximum Gasteiger partial charge on any atom is 0.269 e. The Morgan fingerprint density at radius 3 is 2.46 bits per heavy atom. The van der Waals surface area contributed by atoms with Gasteiger partial charge in [0, 0.05) is 31.1 Å². The van der Waals surface area contributed by atoms with Crippen molar-refractivity contribution in [2.24, 2.45) is 5.92 Å². The molecule has 0 bridgehead atoms. The molecule has 2 heterocycles. The lowest BCUT2D eigenvalue weighted by atomic mass is 9.99. The number of piperidine rings is 1. The van der Waals surface area contributed by atoms with Crippen molar-refractivity contribution in [3.05, 3.63) is 58.5 Å². The van der Waals surface area contributed by atoms with Crippen molar-refractivity contribution < 1.29 is 4.79 Å². The maximum absolute atomic E-state index is 12.5. The summed E-state index contributed by atoms with van der Waals surface area (Å²) >= 11 is 0. The quantitative estimate of drug-likeness (QED) is 0.800. The number of amides is 1. The molecule has 3 rings (SSSR count). The summed E-state index contributed by atoms with van der Waals surface area (Å²) in [5, 5.41) is 7.55. The molecule has 6 heteroatoms. The summed E-state index contributed by atoms with van der Waals surface area (Å²) < 4.78 is 1.49. The smallest absolute Gasteiger partial charge is 0.269 e. The van der Waals surface area contributed by atoms with Gasteiger partial charge in [0.05, 0.1) is 18.4 Å². The van der Waals surface area contributed by atoms with E-state index in [1.165, 1.54) is 4.68 Å². The van der Waals surface area contributed by atoms with Crippen molar-refractivity contribution >= 4 is 11.6 Å². The molecule has 1 aliphatic rings. The van der Waals surface area contributed by atoms with Crippen LogP contribution in [0.3, 0.4) is 0 Å². The Kier molecular flexibility index (Phi) is 6.85. The second-order valence-corrected chi connectivity index (χ2v) is 7.48. The van der Waals surface area contributed by atoms with Crippen molar-refractivity contribution in [1.82, 2.24) is 15.1 Å². The van der Waals surface area contributed by atoms with Crippen LogP contribution in [0.1, 0.15) is 45.1 Å². The highest BCUT2D eigenvalue weighted by Gasteiger charge is 2.23. The van der Waals surface area contributed by atoms with Gasteiger partial charge >= 0.3 is 0 Å². The Balaban J connectivity index is 1.56. The second kappa shape index (κ2) is 9.53. The fraction of sp³-hybridized carbons (Fsp3) is 0.500.